The number of urea groups is 1. The largest absolute Gasteiger partial charge is 0.481 e. The van der Waals surface area contributed by atoms with E-state index in [1.807, 2.05) is 30.3 Å². The summed E-state index contributed by atoms with van der Waals surface area (Å²) in [5.41, 5.74) is 0.902. The monoisotopic (exact) mass is 294 g/mol. The molecule has 7 nitrogen and oxygen atoms in total. The van der Waals surface area contributed by atoms with Crippen LogP contribution in [0.15, 0.2) is 30.3 Å². The summed E-state index contributed by atoms with van der Waals surface area (Å²) in [6.45, 7) is 2.46. The highest BCUT2D eigenvalue weighted by atomic mass is 16.4. The summed E-state index contributed by atoms with van der Waals surface area (Å²) in [5.74, 6) is -2.66. The molecule has 7 heteroatoms. The van der Waals surface area contributed by atoms with Gasteiger partial charge in [0.15, 0.2) is 0 Å². The number of hydrogen-bond acceptors (Lipinski definition) is 3. The molecule has 0 unspecified atom stereocenters. The number of nitrogens with one attached hydrogen (secondary N) is 1. The van der Waals surface area contributed by atoms with E-state index in [2.05, 4.69) is 5.32 Å². The van der Waals surface area contributed by atoms with Gasteiger partial charge in [-0.1, -0.05) is 30.3 Å². The Hall–Kier alpha value is -2.57. The van der Waals surface area contributed by atoms with E-state index < -0.39 is 30.4 Å². The lowest BCUT2D eigenvalue weighted by atomic mass is 10.2. The minimum Gasteiger partial charge on any atom is -0.481 e. The lowest BCUT2D eigenvalue weighted by molar-refractivity contribution is -0.145. The van der Waals surface area contributed by atoms with Gasteiger partial charge < -0.3 is 20.4 Å². The van der Waals surface area contributed by atoms with Crippen LogP contribution >= 0.6 is 0 Å². The third-order valence-corrected chi connectivity index (χ3v) is 2.86. The Balaban J connectivity index is 2.69. The molecule has 0 aromatic heterocycles. The molecule has 114 valence electrons. The van der Waals surface area contributed by atoms with Crippen LogP contribution in [0.3, 0.4) is 0 Å². The zero-order valence-corrected chi connectivity index (χ0v) is 11.7. The van der Waals surface area contributed by atoms with Crippen LogP contribution in [0.4, 0.5) is 4.79 Å². The molecule has 21 heavy (non-hydrogen) atoms. The summed E-state index contributed by atoms with van der Waals surface area (Å²) in [5, 5.41) is 19.8. The Morgan fingerprint density at radius 3 is 2.29 bits per heavy atom. The summed E-state index contributed by atoms with van der Waals surface area (Å²) in [4.78, 5) is 35.0. The van der Waals surface area contributed by atoms with E-state index in [4.69, 9.17) is 10.2 Å². The van der Waals surface area contributed by atoms with Gasteiger partial charge in [0.2, 0.25) is 0 Å². The van der Waals surface area contributed by atoms with E-state index in [0.717, 1.165) is 5.56 Å². The summed E-state index contributed by atoms with van der Waals surface area (Å²) in [6.07, 6.45) is -0.663. The molecule has 0 fully saturated rings. The third-order valence-electron chi connectivity index (χ3n) is 2.86. The summed E-state index contributed by atoms with van der Waals surface area (Å²) >= 11 is 0. The number of carboxylic acids is 2. The number of carbonyl (C=O) groups excluding carboxylic acids is 1. The lowest BCUT2D eigenvalue weighted by Gasteiger charge is -2.23. The molecule has 0 saturated carbocycles. The van der Waals surface area contributed by atoms with Crippen molar-refractivity contribution in [2.24, 2.45) is 0 Å². The van der Waals surface area contributed by atoms with Crippen LogP contribution in [0.25, 0.3) is 0 Å². The zero-order chi connectivity index (χ0) is 15.8. The van der Waals surface area contributed by atoms with Gasteiger partial charge in [0.25, 0.3) is 0 Å². The molecule has 2 amide bonds. The molecule has 0 aliphatic heterocycles. The first-order valence-corrected chi connectivity index (χ1v) is 6.48. The molecule has 0 radical (unpaired) electrons. The fraction of sp³-hybridized carbons (Fsp3) is 0.357. The number of amides is 2. The summed E-state index contributed by atoms with van der Waals surface area (Å²) in [7, 11) is 0. The number of benzene rings is 1. The molecule has 1 aromatic rings. The predicted octanol–water partition coefficient (Wildman–Crippen LogP) is 1.15. The Morgan fingerprint density at radius 2 is 1.81 bits per heavy atom. The van der Waals surface area contributed by atoms with Crippen molar-refractivity contribution < 1.29 is 24.6 Å². The molecule has 1 atom stereocenters. The smallest absolute Gasteiger partial charge is 0.326 e. The highest BCUT2D eigenvalue weighted by molar-refractivity contribution is 5.86. The predicted molar refractivity (Wildman–Crippen MR) is 74.7 cm³/mol. The minimum absolute atomic E-state index is 0.322. The topological polar surface area (TPSA) is 107 Å². The average Bonchev–Trinajstić information content (AvgIpc) is 2.44. The van der Waals surface area contributed by atoms with Crippen LogP contribution in [0, 0.1) is 0 Å². The fourth-order valence-electron chi connectivity index (χ4n) is 1.75. The number of nitrogens with zero attached hydrogens (tertiary/aromatic N) is 1. The van der Waals surface area contributed by atoms with Crippen LogP contribution in [-0.4, -0.2) is 45.7 Å². The molecule has 1 rings (SSSR count). The highest BCUT2D eigenvalue weighted by Crippen LogP contribution is 2.05. The van der Waals surface area contributed by atoms with Gasteiger partial charge in [0, 0.05) is 13.1 Å². The van der Waals surface area contributed by atoms with Crippen molar-refractivity contribution >= 4 is 18.0 Å². The maximum atomic E-state index is 12.0. The second kappa shape index (κ2) is 7.88. The van der Waals surface area contributed by atoms with Crippen molar-refractivity contribution in [1.82, 2.24) is 10.2 Å². The van der Waals surface area contributed by atoms with Crippen LogP contribution in [0.5, 0.6) is 0 Å². The SMILES string of the molecule is CCN(Cc1ccccc1)C(=O)N[C@H](CC(=O)O)C(=O)O. The summed E-state index contributed by atoms with van der Waals surface area (Å²) < 4.78 is 0. The Kier molecular flexibility index (Phi) is 6.19. The Labute approximate surface area is 122 Å². The maximum Gasteiger partial charge on any atom is 0.326 e. The van der Waals surface area contributed by atoms with Gasteiger partial charge in [-0.2, -0.15) is 0 Å². The average molecular weight is 294 g/mol. The Bertz CT molecular complexity index is 503. The van der Waals surface area contributed by atoms with Crippen molar-refractivity contribution in [1.29, 1.82) is 0 Å². The van der Waals surface area contributed by atoms with Gasteiger partial charge in [-0.15, -0.1) is 0 Å². The molecule has 0 bridgehead atoms. The van der Waals surface area contributed by atoms with Crippen molar-refractivity contribution in [3.63, 3.8) is 0 Å². The minimum atomic E-state index is -1.44. The van der Waals surface area contributed by atoms with Crippen LogP contribution in [0.2, 0.25) is 0 Å². The molecule has 1 aromatic carbocycles. The second-order valence-electron chi connectivity index (χ2n) is 4.44. The van der Waals surface area contributed by atoms with Crippen LogP contribution < -0.4 is 5.32 Å². The van der Waals surface area contributed by atoms with Gasteiger partial charge in [0.05, 0.1) is 6.42 Å². The number of aliphatic carboxylic acids is 2. The number of hydrogen-bond donors (Lipinski definition) is 3. The van der Waals surface area contributed by atoms with E-state index >= 15 is 0 Å². The van der Waals surface area contributed by atoms with E-state index in [1.54, 1.807) is 6.92 Å². The van der Waals surface area contributed by atoms with Crippen LogP contribution in [0.1, 0.15) is 18.9 Å². The summed E-state index contributed by atoms with van der Waals surface area (Å²) in [6, 6.07) is 7.18. The molecular formula is C14H18N2O5. The second-order valence-corrected chi connectivity index (χ2v) is 4.44. The molecule has 0 aliphatic rings. The van der Waals surface area contributed by atoms with E-state index in [-0.39, 0.29) is 0 Å². The number of rotatable bonds is 7. The van der Waals surface area contributed by atoms with Crippen molar-refractivity contribution in [2.45, 2.75) is 25.9 Å². The standard InChI is InChI=1S/C14H18N2O5/c1-2-16(9-10-6-4-3-5-7-10)14(21)15-11(13(19)20)8-12(17)18/h3-7,11H,2,8-9H2,1H3,(H,15,21)(H,17,18)(H,19,20)/t11-/m1/s1. The van der Waals surface area contributed by atoms with Crippen molar-refractivity contribution in [2.75, 3.05) is 6.54 Å². The maximum absolute atomic E-state index is 12.0. The molecule has 0 heterocycles. The number of carboxylic acid groups (broad SMARTS) is 2. The molecular weight excluding hydrogens is 276 g/mol. The Morgan fingerprint density at radius 1 is 1.19 bits per heavy atom. The third kappa shape index (κ3) is 5.52. The number of carbonyl (C=O) groups is 3. The van der Waals surface area contributed by atoms with E-state index in [9.17, 15) is 14.4 Å². The first-order chi connectivity index (χ1) is 9.93. The van der Waals surface area contributed by atoms with Gasteiger partial charge in [-0.05, 0) is 12.5 Å². The lowest BCUT2D eigenvalue weighted by Crippen LogP contribution is -2.48. The van der Waals surface area contributed by atoms with Gasteiger partial charge >= 0.3 is 18.0 Å². The molecule has 0 spiro atoms. The van der Waals surface area contributed by atoms with Gasteiger partial charge in [-0.25, -0.2) is 9.59 Å². The zero-order valence-electron chi connectivity index (χ0n) is 11.7. The highest BCUT2D eigenvalue weighted by Gasteiger charge is 2.25. The first-order valence-electron chi connectivity index (χ1n) is 6.48. The van der Waals surface area contributed by atoms with Crippen LogP contribution in [-0.2, 0) is 16.1 Å². The van der Waals surface area contributed by atoms with Gasteiger partial charge in [0.1, 0.15) is 6.04 Å². The fourth-order valence-corrected chi connectivity index (χ4v) is 1.75. The normalized spacial score (nSPS) is 11.5. The van der Waals surface area contributed by atoms with Crippen molar-refractivity contribution in [3.8, 4) is 0 Å². The van der Waals surface area contributed by atoms with E-state index in [0.29, 0.717) is 13.1 Å². The van der Waals surface area contributed by atoms with Crippen molar-refractivity contribution in [3.05, 3.63) is 35.9 Å². The quantitative estimate of drug-likeness (QED) is 0.699. The van der Waals surface area contributed by atoms with E-state index in [1.165, 1.54) is 4.90 Å². The molecule has 3 N–H and O–H groups in total. The van der Waals surface area contributed by atoms with Gasteiger partial charge in [-0.3, -0.25) is 4.79 Å². The molecule has 0 aliphatic carbocycles. The molecule has 0 saturated heterocycles. The first kappa shape index (κ1) is 16.5.